The second-order valence-corrected chi connectivity index (χ2v) is 5.55. The van der Waals surface area contributed by atoms with Crippen molar-refractivity contribution in [1.29, 1.82) is 0 Å². The Balaban J connectivity index is 2.27. The SMILES string of the molecule is COc1cccc(Nc2nc3c(cc2[N+](=O)[O-])c(=O)n(C)c(=O)n3C)c1. The molecule has 0 bridgehead atoms. The standard InChI is InChI=1S/C16H15N5O5/c1-19-14-11(15(22)20(2)16(19)23)8-12(21(24)25)13(18-14)17-9-5-4-6-10(7-9)26-3/h4-8H,1-3H3,(H,17,18). The lowest BCUT2D eigenvalue weighted by molar-refractivity contribution is -0.384. The van der Waals surface area contributed by atoms with Gasteiger partial charge in [0.2, 0.25) is 5.82 Å². The van der Waals surface area contributed by atoms with Gasteiger partial charge in [-0.3, -0.25) is 24.0 Å². The summed E-state index contributed by atoms with van der Waals surface area (Å²) in [4.78, 5) is 39.3. The lowest BCUT2D eigenvalue weighted by Crippen LogP contribution is -2.37. The van der Waals surface area contributed by atoms with Gasteiger partial charge in [0.15, 0.2) is 5.65 Å². The predicted octanol–water partition coefficient (Wildman–Crippen LogP) is 1.29. The van der Waals surface area contributed by atoms with Crippen LogP contribution in [0, 0.1) is 10.1 Å². The molecule has 0 amide bonds. The first-order chi connectivity index (χ1) is 12.3. The maximum atomic E-state index is 12.3. The van der Waals surface area contributed by atoms with Gasteiger partial charge >= 0.3 is 11.4 Å². The lowest BCUT2D eigenvalue weighted by Gasteiger charge is -2.11. The Bertz CT molecular complexity index is 1150. The summed E-state index contributed by atoms with van der Waals surface area (Å²) in [5.41, 5.74) is -1.04. The molecule has 0 aliphatic rings. The van der Waals surface area contributed by atoms with Crippen molar-refractivity contribution in [3.8, 4) is 5.75 Å². The molecular formula is C16H15N5O5. The van der Waals surface area contributed by atoms with Crippen LogP contribution in [0.2, 0.25) is 0 Å². The quantitative estimate of drug-likeness (QED) is 0.551. The molecule has 1 aromatic carbocycles. The van der Waals surface area contributed by atoms with Crippen LogP contribution in [-0.2, 0) is 14.1 Å². The molecule has 0 fully saturated rings. The van der Waals surface area contributed by atoms with Gasteiger partial charge in [0.05, 0.1) is 17.4 Å². The first-order valence-electron chi connectivity index (χ1n) is 7.49. The zero-order chi connectivity index (χ0) is 19.0. The fraction of sp³-hybridized carbons (Fsp3) is 0.188. The highest BCUT2D eigenvalue weighted by Crippen LogP contribution is 2.29. The van der Waals surface area contributed by atoms with Gasteiger partial charge in [0, 0.05) is 31.9 Å². The normalized spacial score (nSPS) is 10.7. The number of nitrogens with one attached hydrogen (secondary N) is 1. The van der Waals surface area contributed by atoms with E-state index in [2.05, 4.69) is 10.3 Å². The van der Waals surface area contributed by atoms with E-state index in [4.69, 9.17) is 4.74 Å². The molecular weight excluding hydrogens is 342 g/mol. The number of hydrogen-bond donors (Lipinski definition) is 1. The number of rotatable bonds is 4. The number of aryl methyl sites for hydroxylation is 1. The summed E-state index contributed by atoms with van der Waals surface area (Å²) >= 11 is 0. The molecule has 0 spiro atoms. The number of anilines is 2. The molecule has 10 nitrogen and oxygen atoms in total. The van der Waals surface area contributed by atoms with E-state index in [9.17, 15) is 19.7 Å². The van der Waals surface area contributed by atoms with Gasteiger partial charge in [0.1, 0.15) is 5.75 Å². The molecule has 3 aromatic rings. The van der Waals surface area contributed by atoms with Crippen LogP contribution in [0.25, 0.3) is 11.0 Å². The van der Waals surface area contributed by atoms with Crippen LogP contribution in [0.4, 0.5) is 17.2 Å². The van der Waals surface area contributed by atoms with Crippen molar-refractivity contribution in [1.82, 2.24) is 14.1 Å². The van der Waals surface area contributed by atoms with Crippen LogP contribution >= 0.6 is 0 Å². The summed E-state index contributed by atoms with van der Waals surface area (Å²) < 4.78 is 7.16. The molecule has 0 aliphatic heterocycles. The van der Waals surface area contributed by atoms with Gasteiger partial charge in [-0.15, -0.1) is 0 Å². The molecule has 0 saturated carbocycles. The van der Waals surface area contributed by atoms with Crippen LogP contribution in [-0.4, -0.2) is 26.2 Å². The molecule has 2 heterocycles. The zero-order valence-electron chi connectivity index (χ0n) is 14.2. The largest absolute Gasteiger partial charge is 0.497 e. The fourth-order valence-electron chi connectivity index (χ4n) is 2.56. The van der Waals surface area contributed by atoms with E-state index >= 15 is 0 Å². The Morgan fingerprint density at radius 2 is 1.92 bits per heavy atom. The topological polar surface area (TPSA) is 121 Å². The van der Waals surface area contributed by atoms with Crippen LogP contribution in [0.1, 0.15) is 0 Å². The van der Waals surface area contributed by atoms with Crippen molar-refractivity contribution in [3.05, 3.63) is 61.3 Å². The Kier molecular flexibility index (Phi) is 4.16. The zero-order valence-corrected chi connectivity index (χ0v) is 14.2. The fourth-order valence-corrected chi connectivity index (χ4v) is 2.56. The average molecular weight is 357 g/mol. The number of hydrogen-bond acceptors (Lipinski definition) is 7. The van der Waals surface area contributed by atoms with Gasteiger partial charge in [0.25, 0.3) is 5.56 Å². The van der Waals surface area contributed by atoms with E-state index in [0.717, 1.165) is 15.2 Å². The number of pyridine rings is 1. The average Bonchev–Trinajstić information content (AvgIpc) is 2.64. The smallest absolute Gasteiger partial charge is 0.332 e. The molecule has 0 radical (unpaired) electrons. The highest BCUT2D eigenvalue weighted by Gasteiger charge is 2.21. The van der Waals surface area contributed by atoms with Crippen LogP contribution in [0.15, 0.2) is 39.9 Å². The third-order valence-corrected chi connectivity index (χ3v) is 3.94. The summed E-state index contributed by atoms with van der Waals surface area (Å²) in [7, 11) is 4.25. The van der Waals surface area contributed by atoms with E-state index < -0.39 is 16.2 Å². The number of ether oxygens (including phenoxy) is 1. The van der Waals surface area contributed by atoms with Crippen molar-refractivity contribution in [2.24, 2.45) is 14.1 Å². The van der Waals surface area contributed by atoms with Crippen molar-refractivity contribution in [2.45, 2.75) is 0 Å². The monoisotopic (exact) mass is 357 g/mol. The maximum Gasteiger partial charge on any atom is 0.332 e. The number of nitro groups is 1. The van der Waals surface area contributed by atoms with E-state index in [1.165, 1.54) is 21.2 Å². The van der Waals surface area contributed by atoms with E-state index in [1.54, 1.807) is 24.3 Å². The summed E-state index contributed by atoms with van der Waals surface area (Å²) in [5.74, 6) is 0.471. The Labute approximate surface area is 146 Å². The van der Waals surface area contributed by atoms with Crippen LogP contribution in [0.3, 0.4) is 0 Å². The molecule has 0 saturated heterocycles. The molecule has 1 N–H and O–H groups in total. The number of fused-ring (bicyclic) bond motifs is 1. The van der Waals surface area contributed by atoms with Crippen LogP contribution < -0.4 is 21.3 Å². The molecule has 0 unspecified atom stereocenters. The van der Waals surface area contributed by atoms with Gasteiger partial charge in [-0.1, -0.05) is 6.07 Å². The third kappa shape index (κ3) is 2.77. The summed E-state index contributed by atoms with van der Waals surface area (Å²) in [5, 5.41) is 14.3. The number of methoxy groups -OCH3 is 1. The molecule has 134 valence electrons. The summed E-state index contributed by atoms with van der Waals surface area (Å²) in [6, 6.07) is 7.87. The van der Waals surface area contributed by atoms with Gasteiger partial charge in [-0.05, 0) is 12.1 Å². The first-order valence-corrected chi connectivity index (χ1v) is 7.49. The molecule has 0 aliphatic carbocycles. The number of nitrogens with zero attached hydrogens (tertiary/aromatic N) is 4. The number of benzene rings is 1. The van der Waals surface area contributed by atoms with Crippen molar-refractivity contribution in [2.75, 3.05) is 12.4 Å². The van der Waals surface area contributed by atoms with E-state index in [0.29, 0.717) is 11.4 Å². The highest BCUT2D eigenvalue weighted by molar-refractivity contribution is 5.82. The first kappa shape index (κ1) is 17.1. The van der Waals surface area contributed by atoms with E-state index in [-0.39, 0.29) is 22.5 Å². The second-order valence-electron chi connectivity index (χ2n) is 5.55. The van der Waals surface area contributed by atoms with Crippen molar-refractivity contribution >= 4 is 28.2 Å². The summed E-state index contributed by atoms with van der Waals surface area (Å²) in [6.07, 6.45) is 0. The Hall–Kier alpha value is -3.69. The predicted molar refractivity (Wildman–Crippen MR) is 95.2 cm³/mol. The minimum absolute atomic E-state index is 0.0162. The Morgan fingerprint density at radius 3 is 2.58 bits per heavy atom. The van der Waals surface area contributed by atoms with Crippen molar-refractivity contribution < 1.29 is 9.66 Å². The van der Waals surface area contributed by atoms with Gasteiger partial charge in [-0.25, -0.2) is 9.78 Å². The molecule has 26 heavy (non-hydrogen) atoms. The van der Waals surface area contributed by atoms with E-state index in [1.807, 2.05) is 0 Å². The van der Waals surface area contributed by atoms with Gasteiger partial charge < -0.3 is 10.1 Å². The lowest BCUT2D eigenvalue weighted by atomic mass is 10.2. The molecule has 0 atom stereocenters. The summed E-state index contributed by atoms with van der Waals surface area (Å²) in [6.45, 7) is 0. The third-order valence-electron chi connectivity index (χ3n) is 3.94. The Morgan fingerprint density at radius 1 is 1.19 bits per heavy atom. The molecule has 3 rings (SSSR count). The second kappa shape index (κ2) is 6.31. The molecule has 2 aromatic heterocycles. The van der Waals surface area contributed by atoms with Crippen molar-refractivity contribution in [3.63, 3.8) is 0 Å². The minimum Gasteiger partial charge on any atom is -0.497 e. The van der Waals surface area contributed by atoms with Crippen LogP contribution in [0.5, 0.6) is 5.75 Å². The number of aromatic nitrogens is 3. The molecule has 10 heteroatoms. The highest BCUT2D eigenvalue weighted by atomic mass is 16.6. The van der Waals surface area contributed by atoms with Gasteiger partial charge in [-0.2, -0.15) is 0 Å². The minimum atomic E-state index is -0.647. The maximum absolute atomic E-state index is 12.3.